The van der Waals surface area contributed by atoms with Gasteiger partial charge < -0.3 is 30.5 Å². The summed E-state index contributed by atoms with van der Waals surface area (Å²) in [6.45, 7) is 3.38. The van der Waals surface area contributed by atoms with Crippen LogP contribution in [0.2, 0.25) is 0 Å². The minimum absolute atomic E-state index is 0.0115. The summed E-state index contributed by atoms with van der Waals surface area (Å²) < 4.78 is 30.9. The summed E-state index contributed by atoms with van der Waals surface area (Å²) in [4.78, 5) is 109. The number of sulfonamides is 1. The van der Waals surface area contributed by atoms with Gasteiger partial charge in [0.2, 0.25) is 39.6 Å². The van der Waals surface area contributed by atoms with Crippen molar-refractivity contribution in [3.05, 3.63) is 64.7 Å². The molecule has 6 unspecified atom stereocenters. The molecule has 0 bridgehead atoms. The highest BCUT2D eigenvalue weighted by atomic mass is 32.2. The minimum atomic E-state index is -3.36. The lowest BCUT2D eigenvalue weighted by Crippen LogP contribution is -2.54. The number of hydrogen-bond donors (Lipinski definition) is 5. The van der Waals surface area contributed by atoms with E-state index in [1.165, 1.54) is 22.0 Å². The van der Waals surface area contributed by atoms with E-state index in [9.17, 15) is 46.8 Å². The number of rotatable bonds is 14. The lowest BCUT2D eigenvalue weighted by atomic mass is 9.77. The third kappa shape index (κ3) is 10.8. The molecule has 7 heterocycles. The number of carbonyl (C=O) groups is 8. The molecule has 2 aromatic rings. The van der Waals surface area contributed by atoms with Crippen molar-refractivity contribution < 1.29 is 51.5 Å². The quantitative estimate of drug-likeness (QED) is 0.168. The van der Waals surface area contributed by atoms with Gasteiger partial charge in [0.25, 0.3) is 17.7 Å². The van der Waals surface area contributed by atoms with E-state index < -0.39 is 45.6 Å². The van der Waals surface area contributed by atoms with Gasteiger partial charge in [-0.15, -0.1) is 11.8 Å². The number of nitrogens with one attached hydrogen (secondary N) is 5. The maximum atomic E-state index is 14.4. The number of imide groups is 2. The van der Waals surface area contributed by atoms with Crippen molar-refractivity contribution in [2.75, 3.05) is 71.0 Å². The van der Waals surface area contributed by atoms with Gasteiger partial charge in [0, 0.05) is 63.5 Å². The Hall–Kier alpha value is -5.42. The number of hydrogen-bond acceptors (Lipinski definition) is 14. The van der Waals surface area contributed by atoms with Gasteiger partial charge >= 0.3 is 0 Å². The van der Waals surface area contributed by atoms with Gasteiger partial charge in [-0.25, -0.2) is 12.7 Å². The average Bonchev–Trinajstić information content (AvgIpc) is 3.66. The number of piperidine rings is 4. The number of thioether (sulfide) groups is 1. The van der Waals surface area contributed by atoms with Crippen molar-refractivity contribution >= 4 is 69.0 Å². The lowest BCUT2D eigenvalue weighted by molar-refractivity contribution is -0.141. The molecule has 0 aromatic heterocycles. The van der Waals surface area contributed by atoms with E-state index in [4.69, 9.17) is 4.74 Å². The predicted octanol–water partition coefficient (Wildman–Crippen LogP) is 1.43. The van der Waals surface area contributed by atoms with E-state index in [2.05, 4.69) is 55.7 Å². The Morgan fingerprint density at radius 3 is 2.26 bits per heavy atom. The Labute approximate surface area is 429 Å². The molecule has 392 valence electrons. The number of amides is 8. The van der Waals surface area contributed by atoms with Gasteiger partial charge in [-0.05, 0) is 112 Å². The van der Waals surface area contributed by atoms with Crippen LogP contribution < -0.4 is 31.3 Å². The second-order valence-corrected chi connectivity index (χ2v) is 24.3. The molecule has 1 aliphatic carbocycles. The second-order valence-electron chi connectivity index (χ2n) is 21.1. The molecule has 22 heteroatoms. The van der Waals surface area contributed by atoms with Crippen LogP contribution in [-0.4, -0.2) is 163 Å². The summed E-state index contributed by atoms with van der Waals surface area (Å²) >= 11 is 1.59. The first kappa shape index (κ1) is 51.1. The van der Waals surface area contributed by atoms with Crippen LogP contribution in [0.4, 0.5) is 0 Å². The van der Waals surface area contributed by atoms with Crippen LogP contribution in [0, 0.1) is 23.2 Å². The highest BCUT2D eigenvalue weighted by Crippen LogP contribution is 2.54. The highest BCUT2D eigenvalue weighted by Gasteiger charge is 2.58. The Balaban J connectivity index is 0.652. The fourth-order valence-electron chi connectivity index (χ4n) is 12.4. The first-order valence-corrected chi connectivity index (χ1v) is 28.7. The van der Waals surface area contributed by atoms with Crippen LogP contribution in [0.1, 0.15) is 114 Å². The Morgan fingerprint density at radius 2 is 1.56 bits per heavy atom. The van der Waals surface area contributed by atoms with Crippen molar-refractivity contribution in [1.82, 2.24) is 45.6 Å². The van der Waals surface area contributed by atoms with Gasteiger partial charge in [0.05, 0.1) is 35.3 Å². The lowest BCUT2D eigenvalue weighted by Gasteiger charge is -2.42. The number of fused-ring (bicyclic) bond motifs is 1. The number of benzene rings is 2. The zero-order valence-electron chi connectivity index (χ0n) is 41.1. The number of nitrogens with zero attached hydrogens (tertiary/aromatic N) is 4. The van der Waals surface area contributed by atoms with Crippen molar-refractivity contribution in [1.29, 1.82) is 0 Å². The summed E-state index contributed by atoms with van der Waals surface area (Å²) in [5.74, 6) is -1.48. The Kier molecular flexibility index (Phi) is 14.7. The summed E-state index contributed by atoms with van der Waals surface area (Å²) in [5.41, 5.74) is 1.79. The second kappa shape index (κ2) is 21.1. The summed E-state index contributed by atoms with van der Waals surface area (Å²) in [7, 11) is -3.36. The van der Waals surface area contributed by atoms with E-state index >= 15 is 0 Å². The van der Waals surface area contributed by atoms with Crippen LogP contribution in [0.5, 0.6) is 5.75 Å². The number of likely N-dealkylation sites (tertiary alicyclic amines) is 2. The third-order valence-corrected chi connectivity index (χ3v) is 19.1. The van der Waals surface area contributed by atoms with E-state index in [1.807, 2.05) is 0 Å². The van der Waals surface area contributed by atoms with Crippen molar-refractivity contribution in [3.63, 3.8) is 0 Å². The first-order chi connectivity index (χ1) is 35.1. The molecule has 7 fully saturated rings. The van der Waals surface area contributed by atoms with Crippen molar-refractivity contribution in [3.8, 4) is 5.75 Å². The fourth-order valence-corrected chi connectivity index (χ4v) is 14.4. The molecule has 0 spiro atoms. The van der Waals surface area contributed by atoms with Crippen LogP contribution in [-0.2, 0) is 38.8 Å². The molecule has 10 rings (SSSR count). The molecule has 20 nitrogen and oxygen atoms in total. The van der Waals surface area contributed by atoms with Gasteiger partial charge in [-0.3, -0.25) is 53.9 Å². The number of carbonyl (C=O) groups excluding carboxylic acids is 8. The monoisotopic (exact) mass is 1040 g/mol. The van der Waals surface area contributed by atoms with E-state index in [0.717, 1.165) is 93.5 Å². The molecule has 73 heavy (non-hydrogen) atoms. The molecule has 7 aliphatic heterocycles. The zero-order valence-corrected chi connectivity index (χ0v) is 42.7. The van der Waals surface area contributed by atoms with Gasteiger partial charge in [-0.1, -0.05) is 30.3 Å². The van der Waals surface area contributed by atoms with Gasteiger partial charge in [0.1, 0.15) is 17.3 Å². The molecule has 5 N–H and O–H groups in total. The summed E-state index contributed by atoms with van der Waals surface area (Å²) in [6, 6.07) is 12.3. The molecule has 1 saturated carbocycles. The standard InChI is InChI=1S/C51H65N9O11S2/c1-73(69,70)59-23-15-35(27-59)45(64)53-26-42(62)56-50-54-37(29-72-50)34-5-2-4-32(24-34)33-10-18-52-40(25-33)51(16-17-51)49(68)58-21-13-31(14-22-58)30-11-19-57(20-12-30)43(63)28-71-39-7-3-6-36-44(39)48(67)60(47(36)66)38-8-9-41(61)55-46(38)65/h2-7,24,30-31,33,35,37-38,40,50,52,54H,8-23,25-29H2,1H3,(H,53,64)(H,56,62)(H,55,61,65). The molecule has 8 amide bonds. The van der Waals surface area contributed by atoms with Crippen molar-refractivity contribution in [2.24, 2.45) is 23.2 Å². The zero-order chi connectivity index (χ0) is 51.2. The minimum Gasteiger partial charge on any atom is -0.483 e. The van der Waals surface area contributed by atoms with Crippen molar-refractivity contribution in [2.45, 2.75) is 100 Å². The summed E-state index contributed by atoms with van der Waals surface area (Å²) in [5, 5.41) is 15.1. The highest BCUT2D eigenvalue weighted by molar-refractivity contribution is 8.00. The number of ether oxygens (including phenoxy) is 1. The topological polar surface area (TPSA) is 253 Å². The van der Waals surface area contributed by atoms with Crippen LogP contribution in [0.3, 0.4) is 0 Å². The molecule has 6 atom stereocenters. The Bertz CT molecular complexity index is 2670. The fraction of sp³-hybridized carbons (Fsp3) is 0.608. The van der Waals surface area contributed by atoms with E-state index in [0.29, 0.717) is 43.8 Å². The maximum Gasteiger partial charge on any atom is 0.266 e. The summed E-state index contributed by atoms with van der Waals surface area (Å²) in [6.07, 6.45) is 8.80. The van der Waals surface area contributed by atoms with Crippen LogP contribution in [0.15, 0.2) is 42.5 Å². The van der Waals surface area contributed by atoms with Crippen LogP contribution >= 0.6 is 11.8 Å². The van der Waals surface area contributed by atoms with Gasteiger partial charge in [-0.2, -0.15) is 0 Å². The molecule has 8 aliphatic rings. The SMILES string of the molecule is CS(=O)(=O)N1CCC(C(=O)NCC(=O)NC2NC(c3cccc(C4CCNC(C5(C(=O)N6CCC(C7CCN(C(=O)COc8cccc9c8C(=O)N(C8CCC(=O)NC8=O)C9=O)CC7)CC6)CC5)C4)c3)CS2)C1. The average molecular weight is 1040 g/mol. The molecule has 6 saturated heterocycles. The Morgan fingerprint density at radius 1 is 0.849 bits per heavy atom. The van der Waals surface area contributed by atoms with E-state index in [1.54, 1.807) is 22.7 Å². The largest absolute Gasteiger partial charge is 0.483 e. The normalized spacial score (nSPS) is 27.9. The molecule has 2 aromatic carbocycles. The molecule has 0 radical (unpaired) electrons. The van der Waals surface area contributed by atoms with Gasteiger partial charge in [0.15, 0.2) is 6.61 Å². The van der Waals surface area contributed by atoms with Crippen LogP contribution in [0.25, 0.3) is 0 Å². The first-order valence-electron chi connectivity index (χ1n) is 25.8. The molecular weight excluding hydrogens is 979 g/mol. The smallest absolute Gasteiger partial charge is 0.266 e. The maximum absolute atomic E-state index is 14.4. The third-order valence-electron chi connectivity index (χ3n) is 16.7. The van der Waals surface area contributed by atoms with E-state index in [-0.39, 0.29) is 96.0 Å². The molecular formula is C51H65N9O11S2. The predicted molar refractivity (Wildman–Crippen MR) is 267 cm³/mol.